The summed E-state index contributed by atoms with van der Waals surface area (Å²) in [5, 5.41) is 3.01. The van der Waals surface area contributed by atoms with E-state index in [1.165, 1.54) is 25.3 Å². The Kier molecular flexibility index (Phi) is 7.32. The number of anilines is 1. The number of aryl methyl sites for hydroxylation is 1. The van der Waals surface area contributed by atoms with E-state index in [-0.39, 0.29) is 28.1 Å². The highest BCUT2D eigenvalue weighted by Crippen LogP contribution is 2.31. The molecule has 0 radical (unpaired) electrons. The van der Waals surface area contributed by atoms with Gasteiger partial charge in [0.25, 0.3) is 10.0 Å². The van der Waals surface area contributed by atoms with Crippen molar-refractivity contribution in [2.75, 3.05) is 24.5 Å². The molecular weight excluding hydrogens is 400 g/mol. The molecule has 2 aromatic carbocycles. The van der Waals surface area contributed by atoms with Crippen molar-refractivity contribution in [3.63, 3.8) is 0 Å². The lowest BCUT2D eigenvalue weighted by Gasteiger charge is -2.25. The van der Waals surface area contributed by atoms with Crippen LogP contribution in [-0.4, -0.2) is 34.5 Å². The minimum absolute atomic E-state index is 0.0988. The summed E-state index contributed by atoms with van der Waals surface area (Å²) in [7, 11) is -2.49. The van der Waals surface area contributed by atoms with Crippen LogP contribution in [-0.2, 0) is 14.8 Å². The zero-order chi connectivity index (χ0) is 20.9. The summed E-state index contributed by atoms with van der Waals surface area (Å²) >= 11 is 6.18. The summed E-state index contributed by atoms with van der Waals surface area (Å²) in [6, 6.07) is 11.1. The fourth-order valence-electron chi connectivity index (χ4n) is 2.47. The van der Waals surface area contributed by atoms with E-state index in [0.29, 0.717) is 12.3 Å². The first-order valence-corrected chi connectivity index (χ1v) is 10.7. The molecule has 0 heterocycles. The van der Waals surface area contributed by atoms with Crippen molar-refractivity contribution in [1.82, 2.24) is 5.32 Å². The summed E-state index contributed by atoms with van der Waals surface area (Å²) in [4.78, 5) is 12.5. The number of hydrogen-bond acceptors (Lipinski definition) is 4. The van der Waals surface area contributed by atoms with Gasteiger partial charge in [-0.25, -0.2) is 8.42 Å². The molecule has 1 N–H and O–H groups in total. The summed E-state index contributed by atoms with van der Waals surface area (Å²) in [6.45, 7) is 5.90. The van der Waals surface area contributed by atoms with Gasteiger partial charge in [0.1, 0.15) is 12.3 Å². The first-order chi connectivity index (χ1) is 13.1. The molecule has 0 bridgehead atoms. The van der Waals surface area contributed by atoms with E-state index < -0.39 is 15.9 Å². The van der Waals surface area contributed by atoms with Crippen LogP contribution < -0.4 is 14.4 Å². The van der Waals surface area contributed by atoms with Gasteiger partial charge in [0.15, 0.2) is 0 Å². The third kappa shape index (κ3) is 5.39. The minimum Gasteiger partial charge on any atom is -0.495 e. The van der Waals surface area contributed by atoms with E-state index in [0.717, 1.165) is 9.87 Å². The Morgan fingerprint density at radius 2 is 1.82 bits per heavy atom. The SMILES string of the molecule is COc1ccc(N(CC(=O)NCC(C)C)S(=O)(=O)c2ccc(C)cc2)cc1Cl. The molecule has 0 saturated heterocycles. The third-order valence-corrected chi connectivity index (χ3v) is 6.11. The lowest BCUT2D eigenvalue weighted by molar-refractivity contribution is -0.119. The fraction of sp³-hybridized carbons (Fsp3) is 0.350. The normalized spacial score (nSPS) is 11.4. The molecule has 0 spiro atoms. The van der Waals surface area contributed by atoms with Crippen LogP contribution >= 0.6 is 11.6 Å². The highest BCUT2D eigenvalue weighted by Gasteiger charge is 2.27. The zero-order valence-electron chi connectivity index (χ0n) is 16.4. The maximum atomic E-state index is 13.3. The molecule has 0 aromatic heterocycles. The predicted octanol–water partition coefficient (Wildman–Crippen LogP) is 3.62. The average Bonchev–Trinajstić information content (AvgIpc) is 2.64. The number of nitrogens with zero attached hydrogens (tertiary/aromatic N) is 1. The van der Waals surface area contributed by atoms with Gasteiger partial charge in [-0.05, 0) is 43.2 Å². The van der Waals surface area contributed by atoms with Crippen molar-refractivity contribution in [2.24, 2.45) is 5.92 Å². The number of carbonyl (C=O) groups excluding carboxylic acids is 1. The molecule has 0 unspecified atom stereocenters. The van der Waals surface area contributed by atoms with Crippen molar-refractivity contribution in [2.45, 2.75) is 25.7 Å². The molecule has 2 aromatic rings. The lowest BCUT2D eigenvalue weighted by atomic mass is 10.2. The van der Waals surface area contributed by atoms with Gasteiger partial charge in [0.05, 0.1) is 22.7 Å². The van der Waals surface area contributed by atoms with Gasteiger partial charge >= 0.3 is 0 Å². The van der Waals surface area contributed by atoms with Gasteiger partial charge in [-0.1, -0.05) is 43.1 Å². The second-order valence-electron chi connectivity index (χ2n) is 6.84. The van der Waals surface area contributed by atoms with Crippen molar-refractivity contribution in [3.8, 4) is 5.75 Å². The Hall–Kier alpha value is -2.25. The quantitative estimate of drug-likeness (QED) is 0.702. The van der Waals surface area contributed by atoms with Crippen LogP contribution in [0.15, 0.2) is 47.4 Å². The van der Waals surface area contributed by atoms with Crippen LogP contribution in [0.5, 0.6) is 5.75 Å². The predicted molar refractivity (Wildman–Crippen MR) is 112 cm³/mol. The highest BCUT2D eigenvalue weighted by molar-refractivity contribution is 7.92. The summed E-state index contributed by atoms with van der Waals surface area (Å²) < 4.78 is 32.7. The van der Waals surface area contributed by atoms with E-state index in [9.17, 15) is 13.2 Å². The summed E-state index contributed by atoms with van der Waals surface area (Å²) in [5.41, 5.74) is 1.22. The smallest absolute Gasteiger partial charge is 0.264 e. The zero-order valence-corrected chi connectivity index (χ0v) is 18.0. The molecule has 2 rings (SSSR count). The fourth-order valence-corrected chi connectivity index (χ4v) is 4.13. The standard InChI is InChI=1S/C20H25ClN2O4S/c1-14(2)12-22-20(24)13-23(16-7-10-19(27-4)18(21)11-16)28(25,26)17-8-5-15(3)6-9-17/h5-11,14H,12-13H2,1-4H3,(H,22,24). The largest absolute Gasteiger partial charge is 0.495 e. The molecule has 0 aliphatic rings. The van der Waals surface area contributed by atoms with E-state index in [1.807, 2.05) is 20.8 Å². The van der Waals surface area contributed by atoms with Gasteiger partial charge in [0.2, 0.25) is 5.91 Å². The topological polar surface area (TPSA) is 75.7 Å². The van der Waals surface area contributed by atoms with Gasteiger partial charge in [-0.2, -0.15) is 0 Å². The summed E-state index contributed by atoms with van der Waals surface area (Å²) in [5.74, 6) is 0.278. The highest BCUT2D eigenvalue weighted by atomic mass is 35.5. The number of amides is 1. The van der Waals surface area contributed by atoms with Crippen molar-refractivity contribution >= 4 is 33.2 Å². The number of sulfonamides is 1. The first-order valence-electron chi connectivity index (χ1n) is 8.84. The first kappa shape index (κ1) is 22.0. The van der Waals surface area contributed by atoms with E-state index >= 15 is 0 Å². The Bertz CT molecular complexity index is 928. The maximum absolute atomic E-state index is 13.3. The molecule has 0 saturated carbocycles. The summed E-state index contributed by atoms with van der Waals surface area (Å²) in [6.07, 6.45) is 0. The number of carbonyl (C=O) groups is 1. The van der Waals surface area contributed by atoms with Crippen LogP contribution in [0.3, 0.4) is 0 Å². The van der Waals surface area contributed by atoms with Crippen LogP contribution in [0.1, 0.15) is 19.4 Å². The lowest BCUT2D eigenvalue weighted by Crippen LogP contribution is -2.41. The Morgan fingerprint density at radius 3 is 2.36 bits per heavy atom. The third-order valence-electron chi connectivity index (χ3n) is 4.03. The monoisotopic (exact) mass is 424 g/mol. The van der Waals surface area contributed by atoms with Gasteiger partial charge in [-0.3, -0.25) is 9.10 Å². The molecule has 6 nitrogen and oxygen atoms in total. The second kappa shape index (κ2) is 9.30. The van der Waals surface area contributed by atoms with Crippen LogP contribution in [0.4, 0.5) is 5.69 Å². The molecule has 8 heteroatoms. The molecule has 1 amide bonds. The van der Waals surface area contributed by atoms with Crippen molar-refractivity contribution < 1.29 is 17.9 Å². The van der Waals surface area contributed by atoms with Crippen molar-refractivity contribution in [3.05, 3.63) is 53.1 Å². The maximum Gasteiger partial charge on any atom is 0.264 e. The van der Waals surface area contributed by atoms with E-state index in [2.05, 4.69) is 5.32 Å². The number of rotatable bonds is 8. The molecule has 28 heavy (non-hydrogen) atoms. The molecule has 0 atom stereocenters. The molecule has 152 valence electrons. The number of halogens is 1. The van der Waals surface area contributed by atoms with Gasteiger partial charge in [0, 0.05) is 6.54 Å². The van der Waals surface area contributed by atoms with E-state index in [1.54, 1.807) is 24.3 Å². The number of nitrogens with one attached hydrogen (secondary N) is 1. The molecule has 0 fully saturated rings. The van der Waals surface area contributed by atoms with Gasteiger partial charge in [-0.15, -0.1) is 0 Å². The Morgan fingerprint density at radius 1 is 1.18 bits per heavy atom. The number of methoxy groups -OCH3 is 1. The molecule has 0 aliphatic heterocycles. The minimum atomic E-state index is -3.97. The molecular formula is C20H25ClN2O4S. The number of benzene rings is 2. The Balaban J connectivity index is 2.44. The number of hydrogen-bond donors (Lipinski definition) is 1. The Labute approximate surface area is 171 Å². The average molecular weight is 425 g/mol. The van der Waals surface area contributed by atoms with Gasteiger partial charge < -0.3 is 10.1 Å². The van der Waals surface area contributed by atoms with Crippen LogP contribution in [0, 0.1) is 12.8 Å². The van der Waals surface area contributed by atoms with Crippen molar-refractivity contribution in [1.29, 1.82) is 0 Å². The second-order valence-corrected chi connectivity index (χ2v) is 9.11. The number of ether oxygens (including phenoxy) is 1. The van der Waals surface area contributed by atoms with Crippen LogP contribution in [0.2, 0.25) is 5.02 Å². The molecule has 0 aliphatic carbocycles. The van der Waals surface area contributed by atoms with E-state index in [4.69, 9.17) is 16.3 Å². The van der Waals surface area contributed by atoms with Crippen LogP contribution in [0.25, 0.3) is 0 Å².